The molecule has 0 spiro atoms. The number of halogens is 1. The smallest absolute Gasteiger partial charge is 0.232 e. The fraction of sp³-hybridized carbons (Fsp3) is 0.500. The number of aryl methyl sites for hydroxylation is 2. The van der Waals surface area contributed by atoms with Crippen molar-refractivity contribution in [2.24, 2.45) is 0 Å². The zero-order valence-corrected chi connectivity index (χ0v) is 14.3. The van der Waals surface area contributed by atoms with Crippen molar-refractivity contribution >= 4 is 33.2 Å². The van der Waals surface area contributed by atoms with Crippen LogP contribution in [0, 0.1) is 13.8 Å². The lowest BCUT2D eigenvalue weighted by molar-refractivity contribution is -0.120. The molecule has 0 fully saturated rings. The van der Waals surface area contributed by atoms with Crippen LogP contribution >= 0.6 is 11.6 Å². The number of hydrogen-bond acceptors (Lipinski definition) is 3. The minimum Gasteiger partial charge on any atom is -0.354 e. The summed E-state index contributed by atoms with van der Waals surface area (Å²) in [6.07, 6.45) is 1.49. The Bertz CT molecular complexity index is 606. The molecule has 0 aliphatic carbocycles. The summed E-state index contributed by atoms with van der Waals surface area (Å²) in [7, 11) is -3.48. The molecule has 0 bridgehead atoms. The van der Waals surface area contributed by atoms with Crippen LogP contribution in [0.15, 0.2) is 12.1 Å². The molecule has 1 aromatic carbocycles. The molecule has 0 aliphatic rings. The lowest BCUT2D eigenvalue weighted by Crippen LogP contribution is -2.38. The molecule has 0 aliphatic heterocycles. The van der Waals surface area contributed by atoms with Gasteiger partial charge in [0.05, 0.1) is 23.5 Å². The Morgan fingerprint density at radius 1 is 1.33 bits per heavy atom. The maximum absolute atomic E-state index is 12.0. The summed E-state index contributed by atoms with van der Waals surface area (Å²) in [5, 5.41) is 3.06. The number of nitrogens with zero attached hydrogens (tertiary/aromatic N) is 1. The highest BCUT2D eigenvalue weighted by Gasteiger charge is 2.22. The van der Waals surface area contributed by atoms with Crippen LogP contribution in [-0.4, -0.2) is 33.7 Å². The Hall–Kier alpha value is -1.27. The van der Waals surface area contributed by atoms with E-state index in [4.69, 9.17) is 11.6 Å². The van der Waals surface area contributed by atoms with Crippen molar-refractivity contribution in [2.75, 3.05) is 23.7 Å². The van der Waals surface area contributed by atoms with Crippen LogP contribution < -0.4 is 9.62 Å². The summed E-state index contributed by atoms with van der Waals surface area (Å²) < 4.78 is 25.3. The van der Waals surface area contributed by atoms with E-state index in [0.717, 1.165) is 17.4 Å². The monoisotopic (exact) mass is 332 g/mol. The van der Waals surface area contributed by atoms with Gasteiger partial charge in [-0.2, -0.15) is 0 Å². The first-order valence-corrected chi connectivity index (χ1v) is 8.90. The normalized spacial score (nSPS) is 11.3. The highest BCUT2D eigenvalue weighted by molar-refractivity contribution is 7.92. The molecule has 0 radical (unpaired) electrons. The summed E-state index contributed by atoms with van der Waals surface area (Å²) in [5.74, 6) is -0.116. The number of carbonyl (C=O) groups is 1. The fourth-order valence-corrected chi connectivity index (χ4v) is 3.56. The molecule has 0 heterocycles. The van der Waals surface area contributed by atoms with Gasteiger partial charge in [0, 0.05) is 13.0 Å². The largest absolute Gasteiger partial charge is 0.354 e. The highest BCUT2D eigenvalue weighted by atomic mass is 35.5. The summed E-state index contributed by atoms with van der Waals surface area (Å²) in [4.78, 5) is 11.3. The zero-order chi connectivity index (χ0) is 16.2. The van der Waals surface area contributed by atoms with Crippen LogP contribution in [-0.2, 0) is 14.8 Å². The molecule has 0 atom stereocenters. The number of sulfonamides is 1. The number of hydrogen-bond donors (Lipinski definition) is 1. The molecule has 0 unspecified atom stereocenters. The van der Waals surface area contributed by atoms with Gasteiger partial charge in [0.2, 0.25) is 15.9 Å². The summed E-state index contributed by atoms with van der Waals surface area (Å²) >= 11 is 6.21. The van der Waals surface area contributed by atoms with Crippen LogP contribution in [0.5, 0.6) is 0 Å². The van der Waals surface area contributed by atoms with Gasteiger partial charge in [0.15, 0.2) is 0 Å². The number of benzene rings is 1. The second kappa shape index (κ2) is 7.13. The summed E-state index contributed by atoms with van der Waals surface area (Å²) in [6.45, 7) is 5.84. The number of amides is 1. The van der Waals surface area contributed by atoms with Crippen molar-refractivity contribution in [1.82, 2.24) is 5.32 Å². The van der Waals surface area contributed by atoms with Gasteiger partial charge in [0.1, 0.15) is 0 Å². The molecule has 1 rings (SSSR count). The SMILES string of the molecule is CCC(=O)NCCN(c1c(C)cc(C)cc1Cl)S(C)(=O)=O. The van der Waals surface area contributed by atoms with E-state index in [-0.39, 0.29) is 19.0 Å². The number of nitrogens with one attached hydrogen (secondary N) is 1. The van der Waals surface area contributed by atoms with E-state index in [0.29, 0.717) is 17.1 Å². The number of rotatable bonds is 6. The Labute approximate surface area is 131 Å². The van der Waals surface area contributed by atoms with Crippen LogP contribution in [0.4, 0.5) is 5.69 Å². The third-order valence-corrected chi connectivity index (χ3v) is 4.46. The Balaban J connectivity index is 3.08. The number of anilines is 1. The minimum atomic E-state index is -3.48. The Morgan fingerprint density at radius 3 is 2.43 bits per heavy atom. The molecule has 21 heavy (non-hydrogen) atoms. The summed E-state index contributed by atoms with van der Waals surface area (Å²) in [5.41, 5.74) is 2.22. The highest BCUT2D eigenvalue weighted by Crippen LogP contribution is 2.32. The van der Waals surface area contributed by atoms with Gasteiger partial charge in [-0.15, -0.1) is 0 Å². The van der Waals surface area contributed by atoms with E-state index >= 15 is 0 Å². The van der Waals surface area contributed by atoms with Gasteiger partial charge < -0.3 is 5.32 Å². The predicted molar refractivity (Wildman–Crippen MR) is 86.4 cm³/mol. The average Bonchev–Trinajstić information content (AvgIpc) is 2.34. The second-order valence-corrected chi connectivity index (χ2v) is 7.26. The number of carbonyl (C=O) groups excluding carboxylic acids is 1. The van der Waals surface area contributed by atoms with Crippen molar-refractivity contribution in [3.05, 3.63) is 28.3 Å². The molecule has 1 N–H and O–H groups in total. The lowest BCUT2D eigenvalue weighted by Gasteiger charge is -2.25. The molecule has 118 valence electrons. The molecular formula is C14H21ClN2O3S. The molecular weight excluding hydrogens is 312 g/mol. The van der Waals surface area contributed by atoms with Crippen molar-refractivity contribution < 1.29 is 13.2 Å². The van der Waals surface area contributed by atoms with E-state index in [1.54, 1.807) is 13.0 Å². The Morgan fingerprint density at radius 2 is 1.95 bits per heavy atom. The molecule has 1 amide bonds. The van der Waals surface area contributed by atoms with Gasteiger partial charge >= 0.3 is 0 Å². The zero-order valence-electron chi connectivity index (χ0n) is 12.7. The van der Waals surface area contributed by atoms with Gasteiger partial charge in [-0.25, -0.2) is 8.42 Å². The Kier molecular flexibility index (Phi) is 6.04. The minimum absolute atomic E-state index is 0.116. The van der Waals surface area contributed by atoms with E-state index in [2.05, 4.69) is 5.32 Å². The standard InChI is InChI=1S/C14H21ClN2O3S/c1-5-13(18)16-6-7-17(21(4,19)20)14-11(3)8-10(2)9-12(14)15/h8-9H,5-7H2,1-4H3,(H,16,18). The maximum atomic E-state index is 12.0. The first-order chi connectivity index (χ1) is 9.66. The van der Waals surface area contributed by atoms with E-state index in [1.165, 1.54) is 4.31 Å². The average molecular weight is 333 g/mol. The van der Waals surface area contributed by atoms with Crippen molar-refractivity contribution in [3.8, 4) is 0 Å². The van der Waals surface area contributed by atoms with Gasteiger partial charge in [-0.3, -0.25) is 9.10 Å². The van der Waals surface area contributed by atoms with Gasteiger partial charge in [0.25, 0.3) is 0 Å². The molecule has 5 nitrogen and oxygen atoms in total. The van der Waals surface area contributed by atoms with Gasteiger partial charge in [-0.05, 0) is 31.0 Å². The fourth-order valence-electron chi connectivity index (χ4n) is 2.09. The molecule has 1 aromatic rings. The van der Waals surface area contributed by atoms with Crippen LogP contribution in [0.25, 0.3) is 0 Å². The topological polar surface area (TPSA) is 66.5 Å². The van der Waals surface area contributed by atoms with Crippen LogP contribution in [0.3, 0.4) is 0 Å². The predicted octanol–water partition coefficient (Wildman–Crippen LogP) is 2.25. The molecule has 0 aromatic heterocycles. The quantitative estimate of drug-likeness (QED) is 0.868. The first-order valence-electron chi connectivity index (χ1n) is 6.68. The van der Waals surface area contributed by atoms with Crippen molar-refractivity contribution in [1.29, 1.82) is 0 Å². The maximum Gasteiger partial charge on any atom is 0.232 e. The van der Waals surface area contributed by atoms with E-state index < -0.39 is 10.0 Å². The third kappa shape index (κ3) is 4.89. The summed E-state index contributed by atoms with van der Waals surface area (Å²) in [6, 6.07) is 3.61. The lowest BCUT2D eigenvalue weighted by atomic mass is 10.1. The molecule has 0 saturated heterocycles. The van der Waals surface area contributed by atoms with Gasteiger partial charge in [-0.1, -0.05) is 24.6 Å². The van der Waals surface area contributed by atoms with Crippen molar-refractivity contribution in [3.63, 3.8) is 0 Å². The van der Waals surface area contributed by atoms with Crippen LogP contribution in [0.2, 0.25) is 5.02 Å². The van der Waals surface area contributed by atoms with Crippen molar-refractivity contribution in [2.45, 2.75) is 27.2 Å². The second-order valence-electron chi connectivity index (χ2n) is 4.95. The van der Waals surface area contributed by atoms with E-state index in [9.17, 15) is 13.2 Å². The molecule has 7 heteroatoms. The third-order valence-electron chi connectivity index (χ3n) is 3.01. The first kappa shape index (κ1) is 17.8. The van der Waals surface area contributed by atoms with E-state index in [1.807, 2.05) is 19.9 Å². The van der Waals surface area contributed by atoms with Crippen LogP contribution in [0.1, 0.15) is 24.5 Å². The molecule has 0 saturated carbocycles.